The molecule has 0 aliphatic heterocycles. The fourth-order valence-electron chi connectivity index (χ4n) is 0.251. The number of aliphatic hydroxyl groups excluding tert-OH is 2. The van der Waals surface area contributed by atoms with Crippen LogP contribution in [0.15, 0.2) is 0 Å². The first-order valence-electron chi connectivity index (χ1n) is 2.53. The van der Waals surface area contributed by atoms with Gasteiger partial charge in [-0.1, -0.05) is 0 Å². The third kappa shape index (κ3) is 4.07. The first kappa shape index (κ1) is 9.15. The van der Waals surface area contributed by atoms with Crippen LogP contribution in [0.4, 0.5) is 4.79 Å². The Kier molecular flexibility index (Phi) is 4.55. The number of carbonyl (C=O) groups excluding carboxylic acids is 1. The number of rotatable bonds is 3. The molecule has 0 heterocycles. The van der Waals surface area contributed by atoms with E-state index in [-0.39, 0.29) is 6.61 Å². The lowest BCUT2D eigenvalue weighted by Crippen LogP contribution is -2.23. The predicted octanol–water partition coefficient (Wildman–Crippen LogP) is -1.63. The average Bonchev–Trinajstić information content (AvgIpc) is 1.99. The Morgan fingerprint density at radius 2 is 2.30 bits per heavy atom. The van der Waals surface area contributed by atoms with Crippen LogP contribution >= 0.6 is 0 Å². The first-order chi connectivity index (χ1) is 4.70. The van der Waals surface area contributed by atoms with Crippen molar-refractivity contribution >= 4 is 6.16 Å². The molecule has 0 saturated heterocycles. The molecule has 0 aromatic heterocycles. The number of aliphatic hydroxyl groups is 2. The molecule has 0 fully saturated rings. The summed E-state index contributed by atoms with van der Waals surface area (Å²) in [6.45, 7) is -0.801. The lowest BCUT2D eigenvalue weighted by atomic mass is 10.4. The standard InChI is InChI=1S/C4H9NO5/c5-10-4(8)9-2-3(7)1-6/h3,6-7H,1-2,5H2. The van der Waals surface area contributed by atoms with Crippen molar-refractivity contribution in [3.05, 3.63) is 0 Å². The quantitative estimate of drug-likeness (QED) is 0.330. The maximum absolute atomic E-state index is 10.1. The second-order valence-corrected chi connectivity index (χ2v) is 1.52. The Bertz CT molecular complexity index is 106. The van der Waals surface area contributed by atoms with Gasteiger partial charge >= 0.3 is 6.16 Å². The van der Waals surface area contributed by atoms with E-state index in [2.05, 4.69) is 15.5 Å². The number of nitrogens with two attached hydrogens (primary N) is 1. The number of carbonyl (C=O) groups is 1. The lowest BCUT2D eigenvalue weighted by Gasteiger charge is -2.05. The van der Waals surface area contributed by atoms with Gasteiger partial charge < -0.3 is 19.8 Å². The Hall–Kier alpha value is -0.850. The minimum Gasteiger partial charge on any atom is -0.430 e. The van der Waals surface area contributed by atoms with Gasteiger partial charge in [0, 0.05) is 0 Å². The van der Waals surface area contributed by atoms with Gasteiger partial charge in [-0.05, 0) is 0 Å². The lowest BCUT2D eigenvalue weighted by molar-refractivity contribution is 0.000484. The van der Waals surface area contributed by atoms with E-state index >= 15 is 0 Å². The maximum Gasteiger partial charge on any atom is 0.527 e. The molecule has 60 valence electrons. The SMILES string of the molecule is NOC(=O)OCC(O)CO. The van der Waals surface area contributed by atoms with Crippen LogP contribution in [0.5, 0.6) is 0 Å². The van der Waals surface area contributed by atoms with Gasteiger partial charge in [-0.3, -0.25) is 0 Å². The molecule has 6 nitrogen and oxygen atoms in total. The number of hydrogen-bond donors (Lipinski definition) is 3. The van der Waals surface area contributed by atoms with Crippen molar-refractivity contribution in [2.24, 2.45) is 5.90 Å². The highest BCUT2D eigenvalue weighted by Crippen LogP contribution is 1.85. The number of ether oxygens (including phenoxy) is 1. The smallest absolute Gasteiger partial charge is 0.430 e. The van der Waals surface area contributed by atoms with Crippen molar-refractivity contribution in [2.75, 3.05) is 13.2 Å². The molecule has 0 aliphatic rings. The fourth-order valence-corrected chi connectivity index (χ4v) is 0.251. The Morgan fingerprint density at radius 3 is 2.70 bits per heavy atom. The van der Waals surface area contributed by atoms with Crippen LogP contribution in [-0.2, 0) is 9.57 Å². The molecule has 0 aromatic rings. The summed E-state index contributed by atoms with van der Waals surface area (Å²) < 4.78 is 4.15. The second kappa shape index (κ2) is 4.98. The zero-order valence-electron chi connectivity index (χ0n) is 5.19. The highest BCUT2D eigenvalue weighted by molar-refractivity contribution is 5.59. The zero-order valence-corrected chi connectivity index (χ0v) is 5.19. The summed E-state index contributed by atoms with van der Waals surface area (Å²) in [6, 6.07) is 0. The van der Waals surface area contributed by atoms with Crippen molar-refractivity contribution in [1.29, 1.82) is 0 Å². The summed E-state index contributed by atoms with van der Waals surface area (Å²) in [5, 5.41) is 16.8. The van der Waals surface area contributed by atoms with E-state index in [9.17, 15) is 4.79 Å². The molecule has 0 amide bonds. The minimum absolute atomic E-state index is 0.327. The Labute approximate surface area is 57.1 Å². The summed E-state index contributed by atoms with van der Waals surface area (Å²) in [5.41, 5.74) is 0. The molecular formula is C4H9NO5. The first-order valence-corrected chi connectivity index (χ1v) is 2.53. The molecule has 0 bridgehead atoms. The fraction of sp³-hybridized carbons (Fsp3) is 0.750. The third-order valence-electron chi connectivity index (χ3n) is 0.701. The molecule has 10 heavy (non-hydrogen) atoms. The summed E-state index contributed by atoms with van der Waals surface area (Å²) >= 11 is 0. The summed E-state index contributed by atoms with van der Waals surface area (Å²) in [6.07, 6.45) is -2.17. The van der Waals surface area contributed by atoms with Crippen LogP contribution in [0.3, 0.4) is 0 Å². The van der Waals surface area contributed by atoms with E-state index in [1.54, 1.807) is 0 Å². The number of hydrogen-bond acceptors (Lipinski definition) is 6. The maximum atomic E-state index is 10.1. The van der Waals surface area contributed by atoms with Crippen LogP contribution in [0.25, 0.3) is 0 Å². The normalized spacial score (nSPS) is 12.3. The van der Waals surface area contributed by atoms with E-state index < -0.39 is 18.9 Å². The van der Waals surface area contributed by atoms with Gasteiger partial charge in [-0.25, -0.2) is 4.79 Å². The summed E-state index contributed by atoms with van der Waals surface area (Å²) in [5.74, 6) is 4.38. The zero-order chi connectivity index (χ0) is 7.98. The summed E-state index contributed by atoms with van der Waals surface area (Å²) in [4.78, 5) is 13.7. The molecule has 4 N–H and O–H groups in total. The molecule has 6 heteroatoms. The Balaban J connectivity index is 3.26. The molecule has 1 atom stereocenters. The average molecular weight is 151 g/mol. The second-order valence-electron chi connectivity index (χ2n) is 1.52. The van der Waals surface area contributed by atoms with E-state index in [1.165, 1.54) is 0 Å². The van der Waals surface area contributed by atoms with Crippen LogP contribution in [0, 0.1) is 0 Å². The van der Waals surface area contributed by atoms with Crippen LogP contribution in [0.2, 0.25) is 0 Å². The predicted molar refractivity (Wildman–Crippen MR) is 29.7 cm³/mol. The monoisotopic (exact) mass is 151 g/mol. The molecule has 0 rings (SSSR count). The third-order valence-corrected chi connectivity index (χ3v) is 0.701. The molecule has 1 unspecified atom stereocenters. The van der Waals surface area contributed by atoms with Gasteiger partial charge in [0.1, 0.15) is 12.7 Å². The van der Waals surface area contributed by atoms with Gasteiger partial charge in [0.15, 0.2) is 0 Å². The van der Waals surface area contributed by atoms with E-state index in [1.807, 2.05) is 0 Å². The largest absolute Gasteiger partial charge is 0.527 e. The molecule has 0 aliphatic carbocycles. The highest BCUT2D eigenvalue weighted by Gasteiger charge is 2.06. The van der Waals surface area contributed by atoms with Gasteiger partial charge in [0.2, 0.25) is 0 Å². The highest BCUT2D eigenvalue weighted by atomic mass is 16.8. The minimum atomic E-state index is -1.09. The van der Waals surface area contributed by atoms with Gasteiger partial charge in [0.25, 0.3) is 0 Å². The molecule has 0 spiro atoms. The molecular weight excluding hydrogens is 142 g/mol. The van der Waals surface area contributed by atoms with Crippen LogP contribution < -0.4 is 5.90 Å². The van der Waals surface area contributed by atoms with Crippen molar-refractivity contribution < 1.29 is 24.6 Å². The van der Waals surface area contributed by atoms with Gasteiger partial charge in [-0.2, -0.15) is 5.90 Å². The van der Waals surface area contributed by atoms with Gasteiger partial charge in [0.05, 0.1) is 6.61 Å². The van der Waals surface area contributed by atoms with E-state index in [4.69, 9.17) is 10.2 Å². The molecule has 0 aromatic carbocycles. The van der Waals surface area contributed by atoms with E-state index in [0.717, 1.165) is 0 Å². The van der Waals surface area contributed by atoms with Crippen molar-refractivity contribution in [1.82, 2.24) is 0 Å². The Morgan fingerprint density at radius 1 is 1.70 bits per heavy atom. The van der Waals surface area contributed by atoms with Crippen molar-refractivity contribution in [3.63, 3.8) is 0 Å². The van der Waals surface area contributed by atoms with Crippen molar-refractivity contribution in [2.45, 2.75) is 6.10 Å². The van der Waals surface area contributed by atoms with Crippen LogP contribution in [0.1, 0.15) is 0 Å². The topological polar surface area (TPSA) is 102 Å². The molecule has 0 saturated carbocycles. The van der Waals surface area contributed by atoms with E-state index in [0.29, 0.717) is 0 Å². The molecule has 0 radical (unpaired) electrons. The summed E-state index contributed by atoms with van der Waals surface area (Å²) in [7, 11) is 0. The van der Waals surface area contributed by atoms with Gasteiger partial charge in [-0.15, -0.1) is 0 Å². The van der Waals surface area contributed by atoms with Crippen molar-refractivity contribution in [3.8, 4) is 0 Å². The van der Waals surface area contributed by atoms with Crippen LogP contribution in [-0.4, -0.2) is 35.7 Å².